The van der Waals surface area contributed by atoms with Crippen LogP contribution in [0.2, 0.25) is 0 Å². The van der Waals surface area contributed by atoms with Gasteiger partial charge in [0.2, 0.25) is 0 Å². The number of hydrogen-bond donors (Lipinski definition) is 1. The second-order valence-corrected chi connectivity index (χ2v) is 2.33. The van der Waals surface area contributed by atoms with Gasteiger partial charge in [-0.25, -0.2) is 0 Å². The first-order valence-corrected chi connectivity index (χ1v) is 3.45. The molecule has 0 unspecified atom stereocenters. The number of hydrogen-bond acceptors (Lipinski definition) is 3. The number of carboxylic acid groups (broad SMARTS) is 1. The van der Waals surface area contributed by atoms with Crippen LogP contribution in [0.25, 0.3) is 0 Å². The maximum absolute atomic E-state index is 8.89. The first kappa shape index (κ1) is 15.0. The molecule has 1 rings (SSSR count). The topological polar surface area (TPSA) is 60.4 Å². The molecule has 0 aliphatic heterocycles. The average molecular weight is 190 g/mol. The van der Waals surface area contributed by atoms with Crippen molar-refractivity contribution >= 4 is 5.97 Å². The predicted molar refractivity (Wildman–Crippen MR) is 43.5 cm³/mol. The molecular weight excluding hydrogens is 179 g/mol. The van der Waals surface area contributed by atoms with Crippen LogP contribution in [-0.2, 0) is 4.79 Å². The van der Waals surface area contributed by atoms with Crippen LogP contribution < -0.4 is 34.7 Å². The van der Waals surface area contributed by atoms with E-state index in [1.54, 1.807) is 12.1 Å². The van der Waals surface area contributed by atoms with Crippen LogP contribution in [0.4, 0.5) is 0 Å². The molecule has 0 heterocycles. The van der Waals surface area contributed by atoms with Gasteiger partial charge in [0.25, 0.3) is 0 Å². The van der Waals surface area contributed by atoms with Gasteiger partial charge in [-0.3, -0.25) is 0 Å². The summed E-state index contributed by atoms with van der Waals surface area (Å²) in [6, 6.07) is 7.15. The number of aliphatic carboxylic acids is 1. The van der Waals surface area contributed by atoms with Gasteiger partial charge in [0.1, 0.15) is 5.75 Å². The molecule has 66 valence electrons. The quantitative estimate of drug-likeness (QED) is 0.459. The molecule has 0 radical (unpaired) electrons. The van der Waals surface area contributed by atoms with Crippen molar-refractivity contribution in [3.8, 4) is 5.75 Å². The minimum Gasteiger partial charge on any atom is -0.550 e. The van der Waals surface area contributed by atoms with Crippen LogP contribution in [-0.4, -0.2) is 11.1 Å². The van der Waals surface area contributed by atoms with Gasteiger partial charge in [0, 0.05) is 5.97 Å². The van der Waals surface area contributed by atoms with Crippen molar-refractivity contribution in [1.82, 2.24) is 0 Å². The predicted octanol–water partition coefficient (Wildman–Crippen LogP) is -2.54. The summed E-state index contributed by atoms with van der Waals surface area (Å²) in [5, 5.41) is 17.7. The van der Waals surface area contributed by atoms with Crippen LogP contribution in [0, 0.1) is 6.92 Å². The fraction of sp³-hybridized carbons (Fsp3) is 0.222. The van der Waals surface area contributed by atoms with E-state index in [-0.39, 0.29) is 29.6 Å². The van der Waals surface area contributed by atoms with E-state index in [2.05, 4.69) is 0 Å². The third-order valence-electron chi connectivity index (χ3n) is 1.00. The number of benzene rings is 1. The first-order valence-electron chi connectivity index (χ1n) is 3.45. The Morgan fingerprint density at radius 2 is 1.92 bits per heavy atom. The third kappa shape index (κ3) is 11.5. The van der Waals surface area contributed by atoms with Crippen LogP contribution in [0.15, 0.2) is 24.3 Å². The molecule has 0 amide bonds. The van der Waals surface area contributed by atoms with E-state index >= 15 is 0 Å². The number of phenols is 1. The van der Waals surface area contributed by atoms with Crippen molar-refractivity contribution in [2.45, 2.75) is 13.8 Å². The van der Waals surface area contributed by atoms with Gasteiger partial charge in [-0.05, 0) is 31.5 Å². The molecule has 0 aliphatic carbocycles. The van der Waals surface area contributed by atoms with Crippen molar-refractivity contribution in [3.63, 3.8) is 0 Å². The molecule has 0 aromatic heterocycles. The van der Waals surface area contributed by atoms with E-state index in [4.69, 9.17) is 15.0 Å². The van der Waals surface area contributed by atoms with Crippen molar-refractivity contribution in [1.29, 1.82) is 0 Å². The van der Waals surface area contributed by atoms with E-state index in [0.29, 0.717) is 5.75 Å². The monoisotopic (exact) mass is 190 g/mol. The Bertz CT molecular complexity index is 240. The number of carbonyl (C=O) groups is 1. The van der Waals surface area contributed by atoms with Crippen LogP contribution in [0.1, 0.15) is 12.5 Å². The molecule has 0 fully saturated rings. The van der Waals surface area contributed by atoms with E-state index in [1.165, 1.54) is 0 Å². The average Bonchev–Trinajstić information content (AvgIpc) is 1.84. The number of carbonyl (C=O) groups excluding carboxylic acids is 1. The summed E-state index contributed by atoms with van der Waals surface area (Å²) in [6.07, 6.45) is 0. The van der Waals surface area contributed by atoms with Crippen LogP contribution >= 0.6 is 0 Å². The number of aryl methyl sites for hydroxylation is 1. The molecule has 0 aliphatic rings. The summed E-state index contributed by atoms with van der Waals surface area (Å²) in [5.41, 5.74) is 1.09. The molecule has 0 saturated heterocycles. The molecule has 0 spiro atoms. The molecule has 1 N–H and O–H groups in total. The third-order valence-corrected chi connectivity index (χ3v) is 1.00. The first-order chi connectivity index (χ1) is 5.52. The summed E-state index contributed by atoms with van der Waals surface area (Å²) < 4.78 is 0. The SMILES string of the molecule is CC(=O)[O-].Cc1cccc(O)c1.[Na+]. The molecule has 1 aromatic carbocycles. The number of phenolic OH excluding ortho intramolecular Hbond substituents is 1. The fourth-order valence-corrected chi connectivity index (χ4v) is 0.628. The maximum Gasteiger partial charge on any atom is 1.00 e. The van der Waals surface area contributed by atoms with Gasteiger partial charge in [-0.1, -0.05) is 12.1 Å². The Labute approximate surface area is 99.7 Å². The zero-order chi connectivity index (χ0) is 9.56. The Balaban J connectivity index is 0. The Kier molecular flexibility index (Phi) is 9.34. The fourth-order valence-electron chi connectivity index (χ4n) is 0.628. The standard InChI is InChI=1S/C7H8O.C2H4O2.Na/c1-6-3-2-4-7(8)5-6;1-2(3)4;/h2-5,8H,1H3;1H3,(H,3,4);/q;;+1/p-1. The largest absolute Gasteiger partial charge is 1.00 e. The molecule has 3 nitrogen and oxygen atoms in total. The maximum atomic E-state index is 8.89. The molecule has 4 heteroatoms. The molecule has 0 atom stereocenters. The Morgan fingerprint density at radius 1 is 1.46 bits per heavy atom. The summed E-state index contributed by atoms with van der Waals surface area (Å²) >= 11 is 0. The summed E-state index contributed by atoms with van der Waals surface area (Å²) in [7, 11) is 0. The number of aromatic hydroxyl groups is 1. The minimum atomic E-state index is -1.08. The van der Waals surface area contributed by atoms with Gasteiger partial charge in [-0.15, -0.1) is 0 Å². The van der Waals surface area contributed by atoms with Gasteiger partial charge < -0.3 is 15.0 Å². The van der Waals surface area contributed by atoms with E-state index in [1.807, 2.05) is 19.1 Å². The Morgan fingerprint density at radius 3 is 2.15 bits per heavy atom. The zero-order valence-electron chi connectivity index (χ0n) is 8.07. The number of rotatable bonds is 0. The molecule has 1 aromatic rings. The second-order valence-electron chi connectivity index (χ2n) is 2.33. The number of carboxylic acids is 1. The van der Waals surface area contributed by atoms with E-state index in [0.717, 1.165) is 12.5 Å². The van der Waals surface area contributed by atoms with Gasteiger partial charge in [-0.2, -0.15) is 0 Å². The van der Waals surface area contributed by atoms with E-state index in [9.17, 15) is 0 Å². The van der Waals surface area contributed by atoms with Gasteiger partial charge in [0.05, 0.1) is 0 Å². The van der Waals surface area contributed by atoms with Gasteiger partial charge >= 0.3 is 29.6 Å². The summed E-state index contributed by atoms with van der Waals surface area (Å²) in [5.74, 6) is -0.745. The normalized spacial score (nSPS) is 7.54. The smallest absolute Gasteiger partial charge is 0.550 e. The summed E-state index contributed by atoms with van der Waals surface area (Å²) in [4.78, 5) is 8.89. The second kappa shape index (κ2) is 8.10. The minimum absolute atomic E-state index is 0. The molecule has 0 bridgehead atoms. The van der Waals surface area contributed by atoms with Crippen molar-refractivity contribution in [2.75, 3.05) is 0 Å². The van der Waals surface area contributed by atoms with E-state index < -0.39 is 5.97 Å². The van der Waals surface area contributed by atoms with Crippen molar-refractivity contribution in [2.24, 2.45) is 0 Å². The molecular formula is C9H11NaO3. The van der Waals surface area contributed by atoms with Gasteiger partial charge in [0.15, 0.2) is 0 Å². The summed E-state index contributed by atoms with van der Waals surface area (Å²) in [6.45, 7) is 2.92. The molecule has 0 saturated carbocycles. The zero-order valence-corrected chi connectivity index (χ0v) is 10.1. The molecule has 13 heavy (non-hydrogen) atoms. The van der Waals surface area contributed by atoms with Crippen molar-refractivity contribution in [3.05, 3.63) is 29.8 Å². The Hall–Kier alpha value is -0.510. The van der Waals surface area contributed by atoms with Crippen LogP contribution in [0.3, 0.4) is 0 Å². The van der Waals surface area contributed by atoms with Crippen LogP contribution in [0.5, 0.6) is 5.75 Å². The van der Waals surface area contributed by atoms with Crippen molar-refractivity contribution < 1.29 is 44.6 Å².